The Morgan fingerprint density at radius 3 is 3.15 bits per heavy atom. The summed E-state index contributed by atoms with van der Waals surface area (Å²) in [6.45, 7) is 0. The average Bonchev–Trinajstić information content (AvgIpc) is 2.68. The van der Waals surface area contributed by atoms with Crippen LogP contribution in [0.25, 0.3) is 0 Å². The van der Waals surface area contributed by atoms with Crippen LogP contribution in [0.2, 0.25) is 0 Å². The number of nitrogens with zero attached hydrogens (tertiary/aromatic N) is 1. The van der Waals surface area contributed by atoms with Crippen LogP contribution in [0.3, 0.4) is 0 Å². The van der Waals surface area contributed by atoms with Crippen LogP contribution in [-0.2, 0) is 0 Å². The molecule has 2 heteroatoms. The first kappa shape index (κ1) is 6.22. The molecular formula is C11H10N2. The molecular weight excluding hydrogens is 160 g/mol. The predicted octanol–water partition coefficient (Wildman–Crippen LogP) is 0.918. The van der Waals surface area contributed by atoms with Gasteiger partial charge in [0, 0.05) is 6.20 Å². The van der Waals surface area contributed by atoms with Crippen molar-refractivity contribution >= 4 is 0 Å². The van der Waals surface area contributed by atoms with E-state index in [9.17, 15) is 0 Å². The molecule has 1 fully saturated rings. The second kappa shape index (κ2) is 1.80. The van der Waals surface area contributed by atoms with Gasteiger partial charge in [0.15, 0.2) is 0 Å². The van der Waals surface area contributed by atoms with Crippen LogP contribution in [0, 0.1) is 0 Å². The zero-order valence-corrected chi connectivity index (χ0v) is 7.14. The summed E-state index contributed by atoms with van der Waals surface area (Å²) in [6, 6.07) is 1.05. The summed E-state index contributed by atoms with van der Waals surface area (Å²) in [5, 5.41) is 3.61. The summed E-state index contributed by atoms with van der Waals surface area (Å²) in [7, 11) is 0. The molecule has 2 nitrogen and oxygen atoms in total. The van der Waals surface area contributed by atoms with Gasteiger partial charge in [0.1, 0.15) is 6.17 Å². The van der Waals surface area contributed by atoms with Gasteiger partial charge in [0.2, 0.25) is 0 Å². The fourth-order valence-corrected chi connectivity index (χ4v) is 2.53. The number of nitrogens with one attached hydrogen (secondary N) is 1. The van der Waals surface area contributed by atoms with Gasteiger partial charge >= 0.3 is 0 Å². The van der Waals surface area contributed by atoms with Gasteiger partial charge in [0.05, 0.1) is 12.1 Å². The molecule has 4 aliphatic rings. The first-order valence-electron chi connectivity index (χ1n) is 4.76. The topological polar surface area (TPSA) is 15.3 Å². The summed E-state index contributed by atoms with van der Waals surface area (Å²) in [4.78, 5) is 2.43. The Hall–Kier alpha value is -1.28. The second-order valence-corrected chi connectivity index (χ2v) is 3.99. The Kier molecular flexibility index (Phi) is 0.861. The van der Waals surface area contributed by atoms with Crippen molar-refractivity contribution < 1.29 is 0 Å². The standard InChI is InChI=1S/C11H10N2/c1-2-4-10-9(3-1)12-11-8-5-7(8)6-13(10)11/h1-6,9-12H. The minimum atomic E-state index is 0.470. The van der Waals surface area contributed by atoms with Crippen LogP contribution in [0.4, 0.5) is 0 Å². The number of fused-ring (bicyclic) bond motifs is 5. The Morgan fingerprint density at radius 2 is 2.15 bits per heavy atom. The normalized spacial score (nSPS) is 42.5. The number of hydrogen-bond acceptors (Lipinski definition) is 2. The van der Waals surface area contributed by atoms with E-state index in [0.717, 1.165) is 0 Å². The maximum absolute atomic E-state index is 3.61. The van der Waals surface area contributed by atoms with E-state index in [-0.39, 0.29) is 0 Å². The van der Waals surface area contributed by atoms with Gasteiger partial charge in [0.25, 0.3) is 0 Å². The van der Waals surface area contributed by atoms with Crippen molar-refractivity contribution in [3.05, 3.63) is 47.7 Å². The van der Waals surface area contributed by atoms with E-state index in [2.05, 4.69) is 46.8 Å². The van der Waals surface area contributed by atoms with Gasteiger partial charge in [-0.2, -0.15) is 0 Å². The van der Waals surface area contributed by atoms with Crippen molar-refractivity contribution in [2.24, 2.45) is 0 Å². The predicted molar refractivity (Wildman–Crippen MR) is 50.8 cm³/mol. The van der Waals surface area contributed by atoms with Crippen molar-refractivity contribution in [3.8, 4) is 0 Å². The zero-order valence-electron chi connectivity index (χ0n) is 7.14. The number of rotatable bonds is 0. The van der Waals surface area contributed by atoms with Crippen LogP contribution in [-0.4, -0.2) is 23.1 Å². The molecule has 0 spiro atoms. The van der Waals surface area contributed by atoms with Crippen molar-refractivity contribution in [2.75, 3.05) is 0 Å². The van der Waals surface area contributed by atoms with E-state index in [0.29, 0.717) is 18.2 Å². The lowest BCUT2D eigenvalue weighted by molar-refractivity contribution is 0.349. The summed E-state index contributed by atoms with van der Waals surface area (Å²) >= 11 is 0. The first-order valence-corrected chi connectivity index (χ1v) is 4.76. The van der Waals surface area contributed by atoms with Crippen LogP contribution in [0.5, 0.6) is 0 Å². The molecule has 0 aromatic heterocycles. The van der Waals surface area contributed by atoms with E-state index in [4.69, 9.17) is 0 Å². The highest BCUT2D eigenvalue weighted by Crippen LogP contribution is 2.44. The van der Waals surface area contributed by atoms with Crippen LogP contribution in [0.15, 0.2) is 47.7 Å². The number of hydrogen-bond donors (Lipinski definition) is 1. The van der Waals surface area contributed by atoms with Crippen molar-refractivity contribution in [2.45, 2.75) is 18.2 Å². The van der Waals surface area contributed by atoms with E-state index in [1.807, 2.05) is 0 Å². The fraction of sp³-hybridized carbons (Fsp3) is 0.273. The molecule has 2 heterocycles. The Bertz CT molecular complexity index is 400. The maximum atomic E-state index is 3.61. The summed E-state index contributed by atoms with van der Waals surface area (Å²) < 4.78 is 0. The first-order chi connectivity index (χ1) is 6.43. The number of allylic oxidation sites excluding steroid dienone is 3. The SMILES string of the molecule is C1=CC2NC3C4=CC4=CN3C2C=C1. The van der Waals surface area contributed by atoms with E-state index in [1.54, 1.807) is 0 Å². The third-order valence-corrected chi connectivity index (χ3v) is 3.24. The lowest BCUT2D eigenvalue weighted by atomic mass is 10.0. The largest absolute Gasteiger partial charge is 0.349 e. The second-order valence-electron chi connectivity index (χ2n) is 3.99. The monoisotopic (exact) mass is 170 g/mol. The van der Waals surface area contributed by atoms with Crippen LogP contribution >= 0.6 is 0 Å². The molecule has 0 radical (unpaired) electrons. The molecule has 3 atom stereocenters. The van der Waals surface area contributed by atoms with E-state index >= 15 is 0 Å². The van der Waals surface area contributed by atoms with Gasteiger partial charge in [-0.25, -0.2) is 0 Å². The lowest BCUT2D eigenvalue weighted by Gasteiger charge is -2.23. The average molecular weight is 170 g/mol. The van der Waals surface area contributed by atoms with Gasteiger partial charge in [-0.1, -0.05) is 24.3 Å². The highest BCUT2D eigenvalue weighted by Gasteiger charge is 2.46. The Balaban J connectivity index is 1.78. The highest BCUT2D eigenvalue weighted by molar-refractivity contribution is 5.64. The summed E-state index contributed by atoms with van der Waals surface area (Å²) in [6.07, 6.45) is 13.8. The van der Waals surface area contributed by atoms with Gasteiger partial charge < -0.3 is 4.90 Å². The molecule has 64 valence electrons. The van der Waals surface area contributed by atoms with Crippen LogP contribution < -0.4 is 5.32 Å². The van der Waals surface area contributed by atoms with Crippen LogP contribution in [0.1, 0.15) is 0 Å². The molecule has 0 bridgehead atoms. The summed E-state index contributed by atoms with van der Waals surface area (Å²) in [5.74, 6) is 0. The summed E-state index contributed by atoms with van der Waals surface area (Å²) in [5.41, 5.74) is 2.94. The van der Waals surface area contributed by atoms with E-state index < -0.39 is 0 Å². The molecule has 2 aliphatic carbocycles. The maximum Gasteiger partial charge on any atom is 0.107 e. The quantitative estimate of drug-likeness (QED) is 0.581. The van der Waals surface area contributed by atoms with Gasteiger partial charge in [-0.05, 0) is 17.2 Å². The van der Waals surface area contributed by atoms with Gasteiger partial charge in [-0.3, -0.25) is 5.32 Å². The Morgan fingerprint density at radius 1 is 1.23 bits per heavy atom. The smallest absolute Gasteiger partial charge is 0.107 e. The molecule has 3 unspecified atom stereocenters. The molecule has 0 saturated carbocycles. The van der Waals surface area contributed by atoms with Crippen molar-refractivity contribution in [3.63, 3.8) is 0 Å². The molecule has 0 aromatic rings. The molecule has 1 saturated heterocycles. The van der Waals surface area contributed by atoms with E-state index in [1.165, 1.54) is 11.1 Å². The fourth-order valence-electron chi connectivity index (χ4n) is 2.53. The zero-order chi connectivity index (χ0) is 8.41. The Labute approximate surface area is 76.9 Å². The lowest BCUT2D eigenvalue weighted by Crippen LogP contribution is -2.31. The third kappa shape index (κ3) is 0.639. The minimum absolute atomic E-state index is 0.470. The molecule has 0 amide bonds. The van der Waals surface area contributed by atoms with Crippen molar-refractivity contribution in [1.29, 1.82) is 0 Å². The molecule has 2 aliphatic heterocycles. The third-order valence-electron chi connectivity index (χ3n) is 3.24. The molecule has 1 N–H and O–H groups in total. The minimum Gasteiger partial charge on any atom is -0.349 e. The molecule has 0 aromatic carbocycles. The molecule has 13 heavy (non-hydrogen) atoms. The molecule has 4 rings (SSSR count). The highest BCUT2D eigenvalue weighted by atomic mass is 15.4. The van der Waals surface area contributed by atoms with Gasteiger partial charge in [-0.15, -0.1) is 0 Å². The van der Waals surface area contributed by atoms with Crippen molar-refractivity contribution in [1.82, 2.24) is 10.2 Å².